The van der Waals surface area contributed by atoms with Gasteiger partial charge in [-0.05, 0) is 0 Å². The highest BCUT2D eigenvalue weighted by molar-refractivity contribution is 7.87. The molecule has 0 aliphatic heterocycles. The molecule has 0 aromatic heterocycles. The molecule has 0 bridgehead atoms. The standard InChI is InChI=1S/C2HF3O5S/c3-2(4,1(6)10-5)11(7,8)9/h(H,7,8,9). The Balaban J connectivity index is 4.90. The van der Waals surface area contributed by atoms with Crippen molar-refractivity contribution in [3.8, 4) is 0 Å². The molecular formula is C2HF3O5S. The Morgan fingerprint density at radius 2 is 1.82 bits per heavy atom. The first-order chi connectivity index (χ1) is 4.73. The predicted molar refractivity (Wildman–Crippen MR) is 23.7 cm³/mol. The van der Waals surface area contributed by atoms with Gasteiger partial charge in [0.2, 0.25) is 0 Å². The lowest BCUT2D eigenvalue weighted by Gasteiger charge is -2.05. The Morgan fingerprint density at radius 1 is 1.45 bits per heavy atom. The van der Waals surface area contributed by atoms with Gasteiger partial charge in [-0.1, -0.05) is 0 Å². The molecule has 0 amide bonds. The van der Waals surface area contributed by atoms with Crippen LogP contribution in [-0.4, -0.2) is 24.2 Å². The van der Waals surface area contributed by atoms with Crippen molar-refractivity contribution in [3.63, 3.8) is 0 Å². The van der Waals surface area contributed by atoms with Crippen molar-refractivity contribution >= 4 is 16.1 Å². The maximum Gasteiger partial charge on any atom is 0.469 e. The van der Waals surface area contributed by atoms with Gasteiger partial charge in [0.05, 0.1) is 0 Å². The first-order valence-electron chi connectivity index (χ1n) is 1.91. The van der Waals surface area contributed by atoms with E-state index >= 15 is 0 Å². The molecule has 9 heteroatoms. The van der Waals surface area contributed by atoms with Crippen LogP contribution >= 0.6 is 0 Å². The highest BCUT2D eigenvalue weighted by atomic mass is 32.2. The molecule has 0 spiro atoms. The molecule has 0 radical (unpaired) electrons. The minimum Gasteiger partial charge on any atom is -0.280 e. The van der Waals surface area contributed by atoms with Crippen molar-refractivity contribution in [1.82, 2.24) is 0 Å². The van der Waals surface area contributed by atoms with Gasteiger partial charge in [0.15, 0.2) is 0 Å². The second kappa shape index (κ2) is 2.66. The fourth-order valence-electron chi connectivity index (χ4n) is 0.150. The molecule has 0 unspecified atom stereocenters. The predicted octanol–water partition coefficient (Wildman–Crippen LogP) is -0.105. The monoisotopic (exact) mass is 194 g/mol. The molecule has 0 saturated carbocycles. The first kappa shape index (κ1) is 10.2. The topological polar surface area (TPSA) is 80.7 Å². The third-order valence-corrected chi connectivity index (χ3v) is 1.45. The van der Waals surface area contributed by atoms with Gasteiger partial charge < -0.3 is 0 Å². The van der Waals surface area contributed by atoms with E-state index < -0.39 is 21.3 Å². The van der Waals surface area contributed by atoms with Crippen LogP contribution in [0.3, 0.4) is 0 Å². The zero-order valence-corrected chi connectivity index (χ0v) is 5.44. The second-order valence-corrected chi connectivity index (χ2v) is 2.82. The van der Waals surface area contributed by atoms with Crippen molar-refractivity contribution in [1.29, 1.82) is 0 Å². The molecular weight excluding hydrogens is 193 g/mol. The van der Waals surface area contributed by atoms with Gasteiger partial charge in [-0.25, -0.2) is 9.74 Å². The third-order valence-electron chi connectivity index (χ3n) is 0.632. The van der Waals surface area contributed by atoms with E-state index in [-0.39, 0.29) is 0 Å². The van der Waals surface area contributed by atoms with E-state index in [4.69, 9.17) is 4.55 Å². The summed E-state index contributed by atoms with van der Waals surface area (Å²) >= 11 is 0. The maximum atomic E-state index is 11.8. The van der Waals surface area contributed by atoms with Gasteiger partial charge in [-0.2, -0.15) is 17.2 Å². The molecule has 0 aromatic carbocycles. The number of rotatable bonds is 2. The van der Waals surface area contributed by atoms with Gasteiger partial charge in [0, 0.05) is 4.53 Å². The van der Waals surface area contributed by atoms with Gasteiger partial charge in [0.1, 0.15) is 0 Å². The van der Waals surface area contributed by atoms with E-state index in [0.29, 0.717) is 0 Å². The molecule has 0 aliphatic rings. The van der Waals surface area contributed by atoms with E-state index in [0.717, 1.165) is 0 Å². The molecule has 0 atom stereocenters. The van der Waals surface area contributed by atoms with E-state index in [1.54, 1.807) is 0 Å². The summed E-state index contributed by atoms with van der Waals surface area (Å²) in [5.74, 6) is -2.99. The molecule has 11 heavy (non-hydrogen) atoms. The third kappa shape index (κ3) is 1.80. The molecule has 0 aromatic rings. The van der Waals surface area contributed by atoms with Gasteiger partial charge in [0.25, 0.3) is 0 Å². The number of hydrogen-bond acceptors (Lipinski definition) is 4. The van der Waals surface area contributed by atoms with Crippen molar-refractivity contribution in [2.24, 2.45) is 0 Å². The smallest absolute Gasteiger partial charge is 0.280 e. The number of alkyl halides is 2. The molecule has 0 aliphatic carbocycles. The van der Waals surface area contributed by atoms with E-state index in [9.17, 15) is 26.5 Å². The van der Waals surface area contributed by atoms with E-state index in [2.05, 4.69) is 0 Å². The highest BCUT2D eigenvalue weighted by Crippen LogP contribution is 2.21. The summed E-state index contributed by atoms with van der Waals surface area (Å²) in [6.07, 6.45) is 0. The van der Waals surface area contributed by atoms with Crippen LogP contribution in [0.4, 0.5) is 13.3 Å². The summed E-state index contributed by atoms with van der Waals surface area (Å²) < 4.78 is 61.0. The number of carbonyl (C=O) groups is 1. The number of carbonyl (C=O) groups excluding carboxylic acids is 1. The zero-order valence-electron chi connectivity index (χ0n) is 4.62. The summed E-state index contributed by atoms with van der Waals surface area (Å²) in [6, 6.07) is 0. The van der Waals surface area contributed by atoms with Crippen LogP contribution in [0.2, 0.25) is 0 Å². The fourth-order valence-corrected chi connectivity index (χ4v) is 0.392. The molecule has 5 nitrogen and oxygen atoms in total. The van der Waals surface area contributed by atoms with Crippen molar-refractivity contribution in [2.75, 3.05) is 0 Å². The first-order valence-corrected chi connectivity index (χ1v) is 3.35. The Labute approximate surface area is 58.4 Å². The second-order valence-electron chi connectivity index (χ2n) is 1.36. The molecule has 0 heterocycles. The lowest BCUT2D eigenvalue weighted by Crippen LogP contribution is -2.37. The zero-order chi connectivity index (χ0) is 9.28. The van der Waals surface area contributed by atoms with Crippen LogP contribution in [0.15, 0.2) is 0 Å². The van der Waals surface area contributed by atoms with Crippen LogP contribution in [0.5, 0.6) is 0 Å². The number of halogens is 3. The van der Waals surface area contributed by atoms with E-state index in [1.807, 2.05) is 4.94 Å². The number of hydrogen-bond donors (Lipinski definition) is 1. The normalized spacial score (nSPS) is 12.7. The molecule has 66 valence electrons. The van der Waals surface area contributed by atoms with Crippen LogP contribution in [-0.2, 0) is 19.9 Å². The van der Waals surface area contributed by atoms with E-state index in [1.165, 1.54) is 0 Å². The van der Waals surface area contributed by atoms with Gasteiger partial charge in [-0.3, -0.25) is 4.55 Å². The van der Waals surface area contributed by atoms with Crippen molar-refractivity contribution in [2.45, 2.75) is 5.25 Å². The molecule has 0 rings (SSSR count). The van der Waals surface area contributed by atoms with Crippen LogP contribution < -0.4 is 0 Å². The minimum atomic E-state index is -5.96. The average molecular weight is 194 g/mol. The highest BCUT2D eigenvalue weighted by Gasteiger charge is 2.55. The van der Waals surface area contributed by atoms with Crippen LogP contribution in [0.25, 0.3) is 0 Å². The summed E-state index contributed by atoms with van der Waals surface area (Å²) in [5.41, 5.74) is 0. The Kier molecular flexibility index (Phi) is 2.46. The molecule has 1 N–H and O–H groups in total. The summed E-state index contributed by atoms with van der Waals surface area (Å²) in [4.78, 5) is 11.5. The quantitative estimate of drug-likeness (QED) is 0.620. The maximum absolute atomic E-state index is 11.8. The summed E-state index contributed by atoms with van der Waals surface area (Å²) in [6.45, 7) is 0. The minimum absolute atomic E-state index is 1.91. The van der Waals surface area contributed by atoms with Crippen LogP contribution in [0.1, 0.15) is 0 Å². The van der Waals surface area contributed by atoms with Crippen molar-refractivity contribution in [3.05, 3.63) is 0 Å². The lowest BCUT2D eigenvalue weighted by atomic mass is 10.7. The molecule has 0 fully saturated rings. The Morgan fingerprint density at radius 3 is 1.91 bits per heavy atom. The van der Waals surface area contributed by atoms with Gasteiger partial charge >= 0.3 is 21.3 Å². The Hall–Kier alpha value is -0.830. The van der Waals surface area contributed by atoms with Gasteiger partial charge in [-0.15, -0.1) is 0 Å². The lowest BCUT2D eigenvalue weighted by molar-refractivity contribution is -0.201. The molecule has 0 saturated heterocycles. The summed E-state index contributed by atoms with van der Waals surface area (Å²) in [7, 11) is -5.96. The van der Waals surface area contributed by atoms with Crippen molar-refractivity contribution < 1.29 is 36.0 Å². The average Bonchev–Trinajstić information content (AvgIpc) is 1.83. The SMILES string of the molecule is O=C(OF)C(F)(F)S(=O)(=O)O. The largest absolute Gasteiger partial charge is 0.469 e. The fraction of sp³-hybridized carbons (Fsp3) is 0.500. The Bertz CT molecular complexity index is 255. The summed E-state index contributed by atoms with van der Waals surface area (Å²) in [5, 5.41) is -5.26. The van der Waals surface area contributed by atoms with Crippen LogP contribution in [0, 0.1) is 0 Å².